The summed E-state index contributed by atoms with van der Waals surface area (Å²) < 4.78 is 20.7. The van der Waals surface area contributed by atoms with Crippen molar-refractivity contribution in [2.75, 3.05) is 45.3 Å². The Morgan fingerprint density at radius 2 is 2.19 bits per heavy atom. The summed E-state index contributed by atoms with van der Waals surface area (Å²) in [5.74, 6) is 1.25. The lowest BCUT2D eigenvalue weighted by Gasteiger charge is -2.35. The van der Waals surface area contributed by atoms with Crippen molar-refractivity contribution in [1.82, 2.24) is 19.4 Å². The van der Waals surface area contributed by atoms with Crippen LogP contribution in [0, 0.1) is 0 Å². The summed E-state index contributed by atoms with van der Waals surface area (Å²) in [6.07, 6.45) is 7.76. The number of likely N-dealkylation sites (tertiary alicyclic amines) is 1. The van der Waals surface area contributed by atoms with Gasteiger partial charge in [-0.1, -0.05) is 0 Å². The van der Waals surface area contributed by atoms with Crippen LogP contribution in [0.3, 0.4) is 0 Å². The summed E-state index contributed by atoms with van der Waals surface area (Å²) >= 11 is 0. The zero-order valence-electron chi connectivity index (χ0n) is 21.2. The number of hydrogen-bond acceptors (Lipinski definition) is 7. The summed E-state index contributed by atoms with van der Waals surface area (Å²) in [5.41, 5.74) is 4.30. The van der Waals surface area contributed by atoms with Gasteiger partial charge in [0, 0.05) is 68.2 Å². The lowest BCUT2D eigenvalue weighted by atomic mass is 9.89. The summed E-state index contributed by atoms with van der Waals surface area (Å²) in [7, 11) is 4.16. The number of aromatic nitrogens is 3. The average molecular weight is 492 g/mol. The van der Waals surface area contributed by atoms with Gasteiger partial charge in [0.05, 0.1) is 36.3 Å². The van der Waals surface area contributed by atoms with Gasteiger partial charge in [-0.25, -0.2) is 9.97 Å². The van der Waals surface area contributed by atoms with E-state index in [2.05, 4.69) is 34.5 Å². The highest BCUT2D eigenvalue weighted by atomic mass is 16.6. The third-order valence-corrected chi connectivity index (χ3v) is 7.79. The number of carbonyl (C=O) groups excluding carboxylic acids is 1. The number of pyridine rings is 2. The van der Waals surface area contributed by atoms with Crippen LogP contribution in [0.25, 0.3) is 22.2 Å². The normalized spacial score (nSPS) is 23.9. The van der Waals surface area contributed by atoms with Crippen molar-refractivity contribution in [3.05, 3.63) is 35.8 Å². The van der Waals surface area contributed by atoms with Crippen molar-refractivity contribution >= 4 is 22.6 Å². The van der Waals surface area contributed by atoms with Crippen LogP contribution >= 0.6 is 0 Å². The van der Waals surface area contributed by atoms with Gasteiger partial charge < -0.3 is 29.0 Å². The molecule has 1 N–H and O–H groups in total. The summed E-state index contributed by atoms with van der Waals surface area (Å²) in [4.78, 5) is 23.6. The van der Waals surface area contributed by atoms with Crippen molar-refractivity contribution in [2.24, 2.45) is 7.05 Å². The number of carbonyl (C=O) groups is 1. The standard InChI is InChI=1S/C27H33N5O4/c1-17(33)29-25-11-20-21(14-32(3)23(20)13-28-25)22-12-24(35-15-18-5-4-8-31(18)2)19-6-9-36-27(26(19)30-22)7-10-34-16-27/h11-14,18H,4-10,15-16H2,1-3H3,(H,28,29,33)/t18-,27?/m0/s1. The van der Waals surface area contributed by atoms with Crippen LogP contribution < -0.4 is 10.1 Å². The topological polar surface area (TPSA) is 90.7 Å². The highest BCUT2D eigenvalue weighted by molar-refractivity contribution is 5.98. The van der Waals surface area contributed by atoms with E-state index in [1.165, 1.54) is 13.3 Å². The molecule has 1 unspecified atom stereocenters. The number of rotatable bonds is 5. The Balaban J connectivity index is 1.47. The van der Waals surface area contributed by atoms with Crippen molar-refractivity contribution in [3.63, 3.8) is 0 Å². The molecule has 3 aliphatic rings. The Morgan fingerprint density at radius 1 is 1.31 bits per heavy atom. The van der Waals surface area contributed by atoms with Gasteiger partial charge >= 0.3 is 0 Å². The van der Waals surface area contributed by atoms with E-state index in [-0.39, 0.29) is 5.91 Å². The molecule has 0 radical (unpaired) electrons. The number of ether oxygens (including phenoxy) is 3. The maximum atomic E-state index is 11.6. The van der Waals surface area contributed by atoms with Crippen LogP contribution in [0.5, 0.6) is 5.75 Å². The smallest absolute Gasteiger partial charge is 0.222 e. The van der Waals surface area contributed by atoms with Crippen LogP contribution in [-0.4, -0.2) is 71.4 Å². The van der Waals surface area contributed by atoms with E-state index in [1.54, 1.807) is 6.20 Å². The molecule has 9 heteroatoms. The second kappa shape index (κ2) is 9.14. The lowest BCUT2D eigenvalue weighted by molar-refractivity contribution is -0.114. The largest absolute Gasteiger partial charge is 0.492 e. The number of anilines is 1. The summed E-state index contributed by atoms with van der Waals surface area (Å²) in [6, 6.07) is 4.41. The zero-order valence-corrected chi connectivity index (χ0v) is 21.2. The average Bonchev–Trinajstić information content (AvgIpc) is 3.57. The van der Waals surface area contributed by atoms with E-state index >= 15 is 0 Å². The third-order valence-electron chi connectivity index (χ3n) is 7.79. The van der Waals surface area contributed by atoms with Gasteiger partial charge in [0.15, 0.2) is 0 Å². The minimum atomic E-state index is -0.528. The summed E-state index contributed by atoms with van der Waals surface area (Å²) in [6.45, 7) is 5.06. The van der Waals surface area contributed by atoms with Gasteiger partial charge in [0.25, 0.3) is 0 Å². The molecule has 2 atom stereocenters. The first-order valence-electron chi connectivity index (χ1n) is 12.8. The maximum absolute atomic E-state index is 11.6. The second-order valence-corrected chi connectivity index (χ2v) is 10.2. The van der Waals surface area contributed by atoms with Gasteiger partial charge in [-0.15, -0.1) is 0 Å². The molecule has 2 fully saturated rings. The van der Waals surface area contributed by atoms with E-state index in [9.17, 15) is 4.79 Å². The molecule has 3 aliphatic heterocycles. The third kappa shape index (κ3) is 4.05. The SMILES string of the molecule is CC(=O)Nc1cc2c(-c3cc(OC[C@@H]4CCCN4C)c4c(n3)C3(CCOC3)OCC4)cn(C)c2cn1. The number of nitrogens with zero attached hydrogens (tertiary/aromatic N) is 4. The molecule has 0 aromatic carbocycles. The predicted octanol–water partition coefficient (Wildman–Crippen LogP) is 3.26. The van der Waals surface area contributed by atoms with Crippen molar-refractivity contribution in [1.29, 1.82) is 0 Å². The number of likely N-dealkylation sites (N-methyl/N-ethyl adjacent to an activating group) is 1. The van der Waals surface area contributed by atoms with Gasteiger partial charge in [0.1, 0.15) is 23.8 Å². The Bertz CT molecular complexity index is 1310. The van der Waals surface area contributed by atoms with Gasteiger partial charge in [-0.2, -0.15) is 0 Å². The Kier molecular flexibility index (Phi) is 5.94. The fourth-order valence-corrected chi connectivity index (χ4v) is 5.80. The molecular formula is C27H33N5O4. The van der Waals surface area contributed by atoms with Gasteiger partial charge in [0.2, 0.25) is 5.91 Å². The number of hydrogen-bond donors (Lipinski definition) is 1. The van der Waals surface area contributed by atoms with Crippen LogP contribution in [0.4, 0.5) is 5.82 Å². The predicted molar refractivity (Wildman–Crippen MR) is 136 cm³/mol. The van der Waals surface area contributed by atoms with Gasteiger partial charge in [-0.3, -0.25) is 4.79 Å². The first-order chi connectivity index (χ1) is 17.4. The molecule has 2 saturated heterocycles. The quantitative estimate of drug-likeness (QED) is 0.586. The molecule has 190 valence electrons. The molecule has 6 heterocycles. The van der Waals surface area contributed by atoms with Crippen LogP contribution in [0.2, 0.25) is 0 Å². The molecule has 0 bridgehead atoms. The number of amides is 1. The fraction of sp³-hybridized carbons (Fsp3) is 0.519. The number of aryl methyl sites for hydroxylation is 1. The molecule has 1 amide bonds. The fourth-order valence-electron chi connectivity index (χ4n) is 5.80. The molecule has 0 saturated carbocycles. The minimum absolute atomic E-state index is 0.154. The first kappa shape index (κ1) is 23.4. The Labute approximate surface area is 210 Å². The number of fused-ring (bicyclic) bond motifs is 3. The molecule has 3 aromatic heterocycles. The number of nitrogens with one attached hydrogen (secondary N) is 1. The second-order valence-electron chi connectivity index (χ2n) is 10.2. The molecule has 3 aromatic rings. The molecule has 0 aliphatic carbocycles. The van der Waals surface area contributed by atoms with Crippen molar-refractivity contribution < 1.29 is 19.0 Å². The van der Waals surface area contributed by atoms with E-state index in [0.29, 0.717) is 38.3 Å². The molecule has 9 nitrogen and oxygen atoms in total. The van der Waals surface area contributed by atoms with Crippen molar-refractivity contribution in [2.45, 2.75) is 44.2 Å². The Morgan fingerprint density at radius 3 is 2.94 bits per heavy atom. The highest BCUT2D eigenvalue weighted by Crippen LogP contribution is 2.44. The van der Waals surface area contributed by atoms with Gasteiger partial charge in [-0.05, 0) is 32.5 Å². The van der Waals surface area contributed by atoms with E-state index in [0.717, 1.165) is 65.0 Å². The molecule has 1 spiro atoms. The van der Waals surface area contributed by atoms with Crippen molar-refractivity contribution in [3.8, 4) is 17.0 Å². The highest BCUT2D eigenvalue weighted by Gasteiger charge is 2.44. The zero-order chi connectivity index (χ0) is 24.9. The molecule has 36 heavy (non-hydrogen) atoms. The maximum Gasteiger partial charge on any atom is 0.222 e. The van der Waals surface area contributed by atoms with Crippen LogP contribution in [0.15, 0.2) is 24.5 Å². The lowest BCUT2D eigenvalue weighted by Crippen LogP contribution is -2.38. The summed E-state index contributed by atoms with van der Waals surface area (Å²) in [5, 5.41) is 3.77. The molecular weight excluding hydrogens is 458 g/mol. The van der Waals surface area contributed by atoms with Crippen LogP contribution in [-0.2, 0) is 33.3 Å². The van der Waals surface area contributed by atoms with E-state index < -0.39 is 5.60 Å². The van der Waals surface area contributed by atoms with E-state index in [1.807, 2.05) is 17.7 Å². The first-order valence-corrected chi connectivity index (χ1v) is 12.8. The minimum Gasteiger partial charge on any atom is -0.492 e. The van der Waals surface area contributed by atoms with Crippen LogP contribution in [0.1, 0.15) is 37.4 Å². The monoisotopic (exact) mass is 491 g/mol. The Hall–Kier alpha value is -3.01. The molecule has 6 rings (SSSR count). The van der Waals surface area contributed by atoms with E-state index in [4.69, 9.17) is 19.2 Å².